The smallest absolute Gasteiger partial charge is 0.339 e. The SMILES string of the molecule is O=C(C[C@H]1c2ccccc2C(=O)O[C@]12Cc1ccccc1C2=O)c1ccc(Cl)cc1.O=C(C[C@H]1c2ccccc2C(=O)O[C@]12Cc1ccccc1C2=O)c1ccc(Cl)cc1. The third-order valence-corrected chi connectivity index (χ3v) is 12.6. The molecule has 0 aromatic heterocycles. The van der Waals surface area contributed by atoms with E-state index < -0.39 is 35.0 Å². The Morgan fingerprint density at radius 3 is 1.17 bits per heavy atom. The lowest BCUT2D eigenvalue weighted by atomic mass is 9.72. The Morgan fingerprint density at radius 2 is 0.800 bits per heavy atom. The fourth-order valence-electron chi connectivity index (χ4n) is 9.19. The van der Waals surface area contributed by atoms with Gasteiger partial charge in [0.1, 0.15) is 0 Å². The number of Topliss-reactive ketones (excluding diaryl/α,β-unsaturated/α-hetero) is 4. The molecule has 6 aromatic rings. The van der Waals surface area contributed by atoms with Crippen LogP contribution in [0.25, 0.3) is 0 Å². The number of rotatable bonds is 6. The molecule has 2 spiro atoms. The third-order valence-electron chi connectivity index (χ3n) is 12.1. The molecular weight excluding hydrogens is 799 g/mol. The first-order chi connectivity index (χ1) is 29.0. The summed E-state index contributed by atoms with van der Waals surface area (Å²) in [5.41, 5.74) is 3.13. The number of ether oxygens (including phenoxy) is 2. The average Bonchev–Trinajstić information content (AvgIpc) is 3.70. The van der Waals surface area contributed by atoms with Gasteiger partial charge in [0.15, 0.2) is 22.8 Å². The number of esters is 2. The zero-order chi connectivity index (χ0) is 41.8. The Kier molecular flexibility index (Phi) is 9.93. The van der Waals surface area contributed by atoms with Crippen molar-refractivity contribution in [2.24, 2.45) is 0 Å². The first-order valence-corrected chi connectivity index (χ1v) is 20.2. The number of carbonyl (C=O) groups is 6. The highest BCUT2D eigenvalue weighted by molar-refractivity contribution is 6.31. The maximum Gasteiger partial charge on any atom is 0.339 e. The van der Waals surface area contributed by atoms with Gasteiger partial charge in [0, 0.05) is 69.8 Å². The van der Waals surface area contributed by atoms with Crippen molar-refractivity contribution in [3.05, 3.63) is 211 Å². The summed E-state index contributed by atoms with van der Waals surface area (Å²) >= 11 is 11.9. The van der Waals surface area contributed by atoms with Crippen LogP contribution in [0.3, 0.4) is 0 Å². The largest absolute Gasteiger partial charge is 0.446 e. The van der Waals surface area contributed by atoms with Gasteiger partial charge in [0.25, 0.3) is 0 Å². The molecule has 0 bridgehead atoms. The minimum Gasteiger partial charge on any atom is -0.446 e. The summed E-state index contributed by atoms with van der Waals surface area (Å²) in [6.07, 6.45) is 0.624. The maximum atomic E-state index is 13.5. The Bertz CT molecular complexity index is 2590. The topological polar surface area (TPSA) is 121 Å². The predicted molar refractivity (Wildman–Crippen MR) is 224 cm³/mol. The Morgan fingerprint density at radius 1 is 0.467 bits per heavy atom. The van der Waals surface area contributed by atoms with Gasteiger partial charge in [-0.2, -0.15) is 0 Å². The zero-order valence-electron chi connectivity index (χ0n) is 31.9. The molecule has 10 rings (SSSR count). The van der Waals surface area contributed by atoms with E-state index in [1.54, 1.807) is 97.1 Å². The number of hydrogen-bond acceptors (Lipinski definition) is 8. The van der Waals surface area contributed by atoms with E-state index >= 15 is 0 Å². The first kappa shape index (κ1) is 39.0. The lowest BCUT2D eigenvalue weighted by Gasteiger charge is -2.40. The van der Waals surface area contributed by atoms with Crippen LogP contribution in [0.15, 0.2) is 146 Å². The number of benzene rings is 6. The molecule has 0 fully saturated rings. The molecule has 6 aromatic carbocycles. The highest BCUT2D eigenvalue weighted by Crippen LogP contribution is 2.50. The molecule has 60 heavy (non-hydrogen) atoms. The van der Waals surface area contributed by atoms with Gasteiger partial charge < -0.3 is 9.47 Å². The summed E-state index contributed by atoms with van der Waals surface area (Å²) in [6.45, 7) is 0. The number of hydrogen-bond donors (Lipinski definition) is 0. The molecule has 2 aliphatic heterocycles. The van der Waals surface area contributed by atoms with E-state index in [2.05, 4.69) is 0 Å². The molecular formula is C50H34Cl2O8. The van der Waals surface area contributed by atoms with Crippen LogP contribution in [0.1, 0.15) is 109 Å². The molecule has 2 aliphatic carbocycles. The summed E-state index contributed by atoms with van der Waals surface area (Å²) in [7, 11) is 0. The van der Waals surface area contributed by atoms with Crippen LogP contribution in [0.5, 0.6) is 0 Å². The van der Waals surface area contributed by atoms with Crippen molar-refractivity contribution in [1.82, 2.24) is 0 Å². The number of halogens is 2. The van der Waals surface area contributed by atoms with Crippen LogP contribution in [0.2, 0.25) is 10.0 Å². The minimum absolute atomic E-state index is 0.0473. The molecule has 0 N–H and O–H groups in total. The number of ketones is 4. The number of carbonyl (C=O) groups excluding carboxylic acids is 6. The molecule has 8 nitrogen and oxygen atoms in total. The van der Waals surface area contributed by atoms with E-state index in [1.807, 2.05) is 48.5 Å². The minimum atomic E-state index is -1.41. The van der Waals surface area contributed by atoms with Crippen LogP contribution in [-0.4, -0.2) is 46.3 Å². The van der Waals surface area contributed by atoms with Crippen molar-refractivity contribution in [1.29, 1.82) is 0 Å². The second-order valence-corrected chi connectivity index (χ2v) is 16.3. The summed E-state index contributed by atoms with van der Waals surface area (Å²) in [5, 5.41) is 1.09. The van der Waals surface area contributed by atoms with Crippen LogP contribution in [0.4, 0.5) is 0 Å². The summed E-state index contributed by atoms with van der Waals surface area (Å²) < 4.78 is 11.7. The lowest BCUT2D eigenvalue weighted by Crippen LogP contribution is -2.50. The predicted octanol–water partition coefficient (Wildman–Crippen LogP) is 10.1. The van der Waals surface area contributed by atoms with Crippen LogP contribution in [-0.2, 0) is 22.3 Å². The standard InChI is InChI=1S/2C25H17ClO4/c2*26-17-11-9-15(10-12-17)22(27)13-21-19-7-3-4-8-20(19)24(29)30-25(21)14-16-5-1-2-6-18(16)23(25)28/h2*1-12,21H,13-14H2/t2*21-,25+/m00/s1. The van der Waals surface area contributed by atoms with Gasteiger partial charge in [0.05, 0.1) is 11.1 Å². The highest BCUT2D eigenvalue weighted by Gasteiger charge is 2.59. The summed E-state index contributed by atoms with van der Waals surface area (Å²) in [5.74, 6) is -2.95. The lowest BCUT2D eigenvalue weighted by molar-refractivity contribution is -0.0243. The molecule has 4 atom stereocenters. The van der Waals surface area contributed by atoms with Crippen molar-refractivity contribution < 1.29 is 38.2 Å². The highest BCUT2D eigenvalue weighted by atomic mass is 35.5. The van der Waals surface area contributed by atoms with Gasteiger partial charge in [-0.25, -0.2) is 9.59 Å². The average molecular weight is 834 g/mol. The monoisotopic (exact) mass is 832 g/mol. The van der Waals surface area contributed by atoms with Crippen molar-refractivity contribution in [3.8, 4) is 0 Å². The fourth-order valence-corrected chi connectivity index (χ4v) is 9.44. The van der Waals surface area contributed by atoms with Crippen LogP contribution < -0.4 is 0 Å². The first-order valence-electron chi connectivity index (χ1n) is 19.5. The molecule has 2 heterocycles. The number of fused-ring (bicyclic) bond motifs is 4. The second-order valence-electron chi connectivity index (χ2n) is 15.4. The van der Waals surface area contributed by atoms with Crippen molar-refractivity contribution >= 4 is 58.3 Å². The van der Waals surface area contributed by atoms with Gasteiger partial charge >= 0.3 is 11.9 Å². The van der Waals surface area contributed by atoms with E-state index in [1.165, 1.54) is 0 Å². The van der Waals surface area contributed by atoms with Crippen LogP contribution >= 0.6 is 23.2 Å². The molecule has 0 radical (unpaired) electrons. The third kappa shape index (κ3) is 6.57. The van der Waals surface area contributed by atoms with Crippen molar-refractivity contribution in [2.45, 2.75) is 48.7 Å². The van der Waals surface area contributed by atoms with Gasteiger partial charge in [-0.15, -0.1) is 0 Å². The molecule has 0 amide bonds. The van der Waals surface area contributed by atoms with Crippen molar-refractivity contribution in [3.63, 3.8) is 0 Å². The molecule has 4 aliphatic rings. The summed E-state index contributed by atoms with van der Waals surface area (Å²) in [4.78, 5) is 78.9. The molecule has 0 unspecified atom stereocenters. The molecule has 296 valence electrons. The second kappa shape index (κ2) is 15.3. The van der Waals surface area contributed by atoms with E-state index in [-0.39, 0.29) is 48.8 Å². The van der Waals surface area contributed by atoms with Gasteiger partial charge in [-0.1, -0.05) is 108 Å². The molecule has 10 heteroatoms. The van der Waals surface area contributed by atoms with Crippen LogP contribution in [0, 0.1) is 0 Å². The van der Waals surface area contributed by atoms with E-state index in [4.69, 9.17) is 32.7 Å². The fraction of sp³-hybridized carbons (Fsp3) is 0.160. The maximum absolute atomic E-state index is 13.5. The van der Waals surface area contributed by atoms with E-state index in [0.29, 0.717) is 54.6 Å². The Labute approximate surface area is 355 Å². The van der Waals surface area contributed by atoms with Crippen molar-refractivity contribution in [2.75, 3.05) is 0 Å². The molecule has 0 saturated heterocycles. The normalized spacial score (nSPS) is 21.8. The zero-order valence-corrected chi connectivity index (χ0v) is 33.4. The Hall–Kier alpha value is -6.48. The van der Waals surface area contributed by atoms with E-state index in [9.17, 15) is 28.8 Å². The quantitative estimate of drug-likeness (QED) is 0.120. The van der Waals surface area contributed by atoms with Gasteiger partial charge in [-0.3, -0.25) is 19.2 Å². The van der Waals surface area contributed by atoms with Gasteiger partial charge in [-0.05, 0) is 82.9 Å². The van der Waals surface area contributed by atoms with E-state index in [0.717, 1.165) is 11.1 Å². The summed E-state index contributed by atoms with van der Waals surface area (Å²) in [6, 6.07) is 42.0. The van der Waals surface area contributed by atoms with Gasteiger partial charge in [0.2, 0.25) is 11.6 Å². The Balaban J connectivity index is 0.000000154. The molecule has 0 saturated carbocycles.